The minimum atomic E-state index is -0.689. The average Bonchev–Trinajstić information content (AvgIpc) is 3.48. The van der Waals surface area contributed by atoms with Crippen molar-refractivity contribution >= 4 is 17.5 Å². The first kappa shape index (κ1) is 19.7. The number of benzene rings is 2. The second-order valence-corrected chi connectivity index (χ2v) is 7.39. The Hall–Kier alpha value is -3.61. The molecule has 1 aromatic heterocycles. The molecular weight excluding hydrogens is 380 g/mol. The van der Waals surface area contributed by atoms with Gasteiger partial charge in [-0.25, -0.2) is 4.68 Å². The molecule has 2 amide bonds. The van der Waals surface area contributed by atoms with E-state index >= 15 is 0 Å². The highest BCUT2D eigenvalue weighted by atomic mass is 16.5. The highest BCUT2D eigenvalue weighted by Gasteiger charge is 2.33. The Morgan fingerprint density at radius 1 is 1.13 bits per heavy atom. The van der Waals surface area contributed by atoms with Crippen molar-refractivity contribution in [2.45, 2.75) is 25.3 Å². The van der Waals surface area contributed by atoms with Gasteiger partial charge >= 0.3 is 11.8 Å². The molecular formula is C23H24N4O3. The lowest BCUT2D eigenvalue weighted by atomic mass is 10.0. The Morgan fingerprint density at radius 3 is 2.70 bits per heavy atom. The standard InChI is InChI=1S/C23H24N4O3/c1-30-18-7-4-6-16(14-18)15-20(17-10-11-17)26-23(29)22(28)25-19-8-2-3-9-21(19)27-13-5-12-24-27/h2-9,12-14,17,20H,10-11,15H2,1H3,(H,25,28)(H,26,29). The van der Waals surface area contributed by atoms with E-state index in [4.69, 9.17) is 4.74 Å². The molecule has 0 aliphatic heterocycles. The third kappa shape index (κ3) is 4.68. The monoisotopic (exact) mass is 404 g/mol. The van der Waals surface area contributed by atoms with E-state index in [1.165, 1.54) is 0 Å². The number of amides is 2. The number of carbonyl (C=O) groups is 2. The fourth-order valence-electron chi connectivity index (χ4n) is 3.49. The SMILES string of the molecule is COc1cccc(CC(NC(=O)C(=O)Nc2ccccc2-n2cccn2)C2CC2)c1. The van der Waals surface area contributed by atoms with E-state index in [1.807, 2.05) is 36.4 Å². The minimum Gasteiger partial charge on any atom is -0.497 e. The van der Waals surface area contributed by atoms with Gasteiger partial charge < -0.3 is 15.4 Å². The molecule has 7 nitrogen and oxygen atoms in total. The number of hydrogen-bond acceptors (Lipinski definition) is 4. The van der Waals surface area contributed by atoms with E-state index in [9.17, 15) is 9.59 Å². The van der Waals surface area contributed by atoms with Crippen molar-refractivity contribution in [1.29, 1.82) is 0 Å². The van der Waals surface area contributed by atoms with Gasteiger partial charge in [0.2, 0.25) is 0 Å². The lowest BCUT2D eigenvalue weighted by Gasteiger charge is -2.19. The zero-order valence-electron chi connectivity index (χ0n) is 16.7. The fourth-order valence-corrected chi connectivity index (χ4v) is 3.49. The van der Waals surface area contributed by atoms with Gasteiger partial charge in [-0.3, -0.25) is 9.59 Å². The summed E-state index contributed by atoms with van der Waals surface area (Å²) in [6.07, 6.45) is 6.20. The first-order valence-corrected chi connectivity index (χ1v) is 9.98. The van der Waals surface area contributed by atoms with Crippen molar-refractivity contribution < 1.29 is 14.3 Å². The molecule has 7 heteroatoms. The maximum Gasteiger partial charge on any atom is 0.313 e. The van der Waals surface area contributed by atoms with E-state index in [0.717, 1.165) is 24.2 Å². The van der Waals surface area contributed by atoms with Gasteiger partial charge in [-0.2, -0.15) is 5.10 Å². The lowest BCUT2D eigenvalue weighted by Crippen LogP contribution is -2.44. The third-order valence-corrected chi connectivity index (χ3v) is 5.21. The van der Waals surface area contributed by atoms with Gasteiger partial charge in [0.25, 0.3) is 0 Å². The molecule has 2 aromatic carbocycles. The summed E-state index contributed by atoms with van der Waals surface area (Å²) in [6.45, 7) is 0. The molecule has 0 bridgehead atoms. The molecule has 3 aromatic rings. The largest absolute Gasteiger partial charge is 0.497 e. The van der Waals surface area contributed by atoms with Crippen LogP contribution in [-0.2, 0) is 16.0 Å². The van der Waals surface area contributed by atoms with Gasteiger partial charge in [0.1, 0.15) is 5.75 Å². The van der Waals surface area contributed by atoms with Crippen LogP contribution in [0, 0.1) is 5.92 Å². The van der Waals surface area contributed by atoms with Crippen LogP contribution in [0.15, 0.2) is 67.0 Å². The highest BCUT2D eigenvalue weighted by Crippen LogP contribution is 2.34. The van der Waals surface area contributed by atoms with Crippen LogP contribution in [0.1, 0.15) is 18.4 Å². The van der Waals surface area contributed by atoms with E-state index in [2.05, 4.69) is 15.7 Å². The zero-order valence-corrected chi connectivity index (χ0v) is 16.7. The molecule has 1 saturated carbocycles. The molecule has 4 rings (SSSR count). The van der Waals surface area contributed by atoms with Crippen LogP contribution in [0.5, 0.6) is 5.75 Å². The molecule has 1 aliphatic rings. The van der Waals surface area contributed by atoms with Crippen LogP contribution in [0.2, 0.25) is 0 Å². The summed E-state index contributed by atoms with van der Waals surface area (Å²) in [5, 5.41) is 9.83. The maximum atomic E-state index is 12.6. The van der Waals surface area contributed by atoms with E-state index in [1.54, 1.807) is 42.4 Å². The molecule has 1 atom stereocenters. The number of hydrogen-bond donors (Lipinski definition) is 2. The lowest BCUT2D eigenvalue weighted by molar-refractivity contribution is -0.136. The molecule has 1 aliphatic carbocycles. The van der Waals surface area contributed by atoms with E-state index < -0.39 is 11.8 Å². The predicted octanol–water partition coefficient (Wildman–Crippen LogP) is 2.96. The Balaban J connectivity index is 1.43. The van der Waals surface area contributed by atoms with Crippen molar-refractivity contribution in [2.75, 3.05) is 12.4 Å². The molecule has 0 radical (unpaired) electrons. The Bertz CT molecular complexity index is 1030. The number of ether oxygens (including phenoxy) is 1. The molecule has 1 unspecified atom stereocenters. The Kier molecular flexibility index (Phi) is 5.79. The number of rotatable bonds is 7. The summed E-state index contributed by atoms with van der Waals surface area (Å²) >= 11 is 0. The molecule has 0 saturated heterocycles. The summed E-state index contributed by atoms with van der Waals surface area (Å²) in [7, 11) is 1.63. The normalized spacial score (nSPS) is 14.0. The van der Waals surface area contributed by atoms with Gasteiger partial charge in [-0.1, -0.05) is 24.3 Å². The summed E-state index contributed by atoms with van der Waals surface area (Å²) < 4.78 is 6.92. The highest BCUT2D eigenvalue weighted by molar-refractivity contribution is 6.39. The summed E-state index contributed by atoms with van der Waals surface area (Å²) in [5.74, 6) is -0.151. The molecule has 1 fully saturated rings. The van der Waals surface area contributed by atoms with Crippen LogP contribution >= 0.6 is 0 Å². The van der Waals surface area contributed by atoms with Crippen molar-refractivity contribution in [3.05, 3.63) is 72.6 Å². The first-order chi connectivity index (χ1) is 14.6. The zero-order chi connectivity index (χ0) is 20.9. The van der Waals surface area contributed by atoms with Crippen LogP contribution in [-0.4, -0.2) is 34.7 Å². The van der Waals surface area contributed by atoms with Gasteiger partial charge in [-0.15, -0.1) is 0 Å². The minimum absolute atomic E-state index is 0.0864. The van der Waals surface area contributed by atoms with E-state index in [-0.39, 0.29) is 6.04 Å². The van der Waals surface area contributed by atoms with Crippen molar-refractivity contribution in [2.24, 2.45) is 5.92 Å². The number of aromatic nitrogens is 2. The first-order valence-electron chi connectivity index (χ1n) is 9.98. The van der Waals surface area contributed by atoms with E-state index in [0.29, 0.717) is 23.7 Å². The molecule has 154 valence electrons. The van der Waals surface area contributed by atoms with Crippen LogP contribution in [0.4, 0.5) is 5.69 Å². The summed E-state index contributed by atoms with van der Waals surface area (Å²) in [6, 6.07) is 16.7. The van der Waals surface area contributed by atoms with Gasteiger partial charge in [0.15, 0.2) is 0 Å². The second-order valence-electron chi connectivity index (χ2n) is 7.39. The van der Waals surface area contributed by atoms with Crippen molar-refractivity contribution in [3.8, 4) is 11.4 Å². The summed E-state index contributed by atoms with van der Waals surface area (Å²) in [5.41, 5.74) is 2.28. The number of methoxy groups -OCH3 is 1. The van der Waals surface area contributed by atoms with Gasteiger partial charge in [0.05, 0.1) is 18.5 Å². The fraction of sp³-hybridized carbons (Fsp3) is 0.261. The second kappa shape index (κ2) is 8.82. The number of para-hydroxylation sites is 2. The summed E-state index contributed by atoms with van der Waals surface area (Å²) in [4.78, 5) is 25.2. The third-order valence-electron chi connectivity index (χ3n) is 5.21. The van der Waals surface area contributed by atoms with Crippen molar-refractivity contribution in [3.63, 3.8) is 0 Å². The van der Waals surface area contributed by atoms with Crippen LogP contribution < -0.4 is 15.4 Å². The number of nitrogens with one attached hydrogen (secondary N) is 2. The number of nitrogens with zero attached hydrogens (tertiary/aromatic N) is 2. The number of anilines is 1. The quantitative estimate of drug-likeness (QED) is 0.593. The Morgan fingerprint density at radius 2 is 1.97 bits per heavy atom. The number of carbonyl (C=O) groups excluding carboxylic acids is 2. The molecule has 0 spiro atoms. The predicted molar refractivity (Wildman–Crippen MR) is 114 cm³/mol. The molecule has 1 heterocycles. The van der Waals surface area contributed by atoms with Crippen LogP contribution in [0.25, 0.3) is 5.69 Å². The van der Waals surface area contributed by atoms with Gasteiger partial charge in [0, 0.05) is 18.4 Å². The smallest absolute Gasteiger partial charge is 0.313 e. The van der Waals surface area contributed by atoms with Gasteiger partial charge in [-0.05, 0) is 61.1 Å². The van der Waals surface area contributed by atoms with Crippen LogP contribution in [0.3, 0.4) is 0 Å². The average molecular weight is 404 g/mol. The molecule has 2 N–H and O–H groups in total. The van der Waals surface area contributed by atoms with Crippen molar-refractivity contribution in [1.82, 2.24) is 15.1 Å². The topological polar surface area (TPSA) is 85.2 Å². The molecule has 30 heavy (non-hydrogen) atoms. The maximum absolute atomic E-state index is 12.6. The Labute approximate surface area is 175 Å².